The minimum absolute atomic E-state index is 0.234. The summed E-state index contributed by atoms with van der Waals surface area (Å²) >= 11 is 0. The van der Waals surface area contributed by atoms with Gasteiger partial charge in [-0.05, 0) is 18.2 Å². The lowest BCUT2D eigenvalue weighted by Gasteiger charge is -2.46. The van der Waals surface area contributed by atoms with Crippen LogP contribution in [0, 0.1) is 0 Å². The number of rotatable bonds is 4. The van der Waals surface area contributed by atoms with Gasteiger partial charge in [-0.2, -0.15) is 0 Å². The van der Waals surface area contributed by atoms with Crippen LogP contribution < -0.4 is 9.64 Å². The summed E-state index contributed by atoms with van der Waals surface area (Å²) in [5.74, 6) is -0.0543. The Balaban J connectivity index is 2.03. The van der Waals surface area contributed by atoms with Gasteiger partial charge in [0.15, 0.2) is 0 Å². The predicted octanol–water partition coefficient (Wildman–Crippen LogP) is 2.71. The molecular formula is C18H17NO4. The number of para-hydroxylation sites is 2. The molecule has 23 heavy (non-hydrogen) atoms. The van der Waals surface area contributed by atoms with Gasteiger partial charge in [-0.3, -0.25) is 14.5 Å². The van der Waals surface area contributed by atoms with Gasteiger partial charge in [-0.15, -0.1) is 0 Å². The topological polar surface area (TPSA) is 55.8 Å². The van der Waals surface area contributed by atoms with E-state index >= 15 is 0 Å². The van der Waals surface area contributed by atoms with Crippen molar-refractivity contribution in [2.75, 3.05) is 12.0 Å². The Hall–Kier alpha value is -2.82. The summed E-state index contributed by atoms with van der Waals surface area (Å²) in [6.45, 7) is 1.30. The molecule has 0 bridgehead atoms. The monoisotopic (exact) mass is 311 g/mol. The maximum Gasteiger partial charge on any atom is 0.303 e. The van der Waals surface area contributed by atoms with Crippen molar-refractivity contribution in [1.82, 2.24) is 0 Å². The van der Waals surface area contributed by atoms with Crippen LogP contribution in [0.2, 0.25) is 0 Å². The first kappa shape index (κ1) is 15.1. The van der Waals surface area contributed by atoms with E-state index in [-0.39, 0.29) is 5.91 Å². The van der Waals surface area contributed by atoms with Crippen LogP contribution in [0.25, 0.3) is 0 Å². The van der Waals surface area contributed by atoms with E-state index in [1.807, 2.05) is 54.6 Å². The third-order valence-electron chi connectivity index (χ3n) is 3.83. The van der Waals surface area contributed by atoms with E-state index < -0.39 is 18.1 Å². The molecule has 0 aliphatic carbocycles. The molecule has 1 fully saturated rings. The molecule has 0 N–H and O–H groups in total. The Morgan fingerprint density at radius 2 is 1.70 bits per heavy atom. The molecular weight excluding hydrogens is 294 g/mol. The van der Waals surface area contributed by atoms with Gasteiger partial charge in [-0.25, -0.2) is 0 Å². The predicted molar refractivity (Wildman–Crippen MR) is 85.2 cm³/mol. The normalized spacial score (nSPS) is 19.9. The maximum atomic E-state index is 12.5. The summed E-state index contributed by atoms with van der Waals surface area (Å²) in [7, 11) is 1.58. The van der Waals surface area contributed by atoms with E-state index in [4.69, 9.17) is 9.47 Å². The summed E-state index contributed by atoms with van der Waals surface area (Å²) in [6, 6.07) is 16.3. The number of nitrogens with zero attached hydrogens (tertiary/aromatic N) is 1. The quantitative estimate of drug-likeness (QED) is 0.643. The molecule has 2 atom stereocenters. The number of esters is 1. The maximum absolute atomic E-state index is 12.5. The molecule has 2 aromatic carbocycles. The molecule has 5 heteroatoms. The molecule has 0 radical (unpaired) electrons. The molecule has 0 unspecified atom stereocenters. The molecule has 0 saturated carbocycles. The Morgan fingerprint density at radius 1 is 1.04 bits per heavy atom. The molecule has 3 rings (SSSR count). The van der Waals surface area contributed by atoms with Crippen LogP contribution in [0.4, 0.5) is 5.69 Å². The second kappa shape index (κ2) is 6.12. The molecule has 5 nitrogen and oxygen atoms in total. The lowest BCUT2D eigenvalue weighted by molar-refractivity contribution is -0.160. The van der Waals surface area contributed by atoms with Crippen LogP contribution in [0.3, 0.4) is 0 Å². The van der Waals surface area contributed by atoms with Crippen molar-refractivity contribution in [1.29, 1.82) is 0 Å². The Bertz CT molecular complexity index is 729. The van der Waals surface area contributed by atoms with Crippen molar-refractivity contribution in [2.45, 2.75) is 19.1 Å². The molecule has 1 aliphatic heterocycles. The van der Waals surface area contributed by atoms with Crippen molar-refractivity contribution in [2.24, 2.45) is 0 Å². The zero-order valence-corrected chi connectivity index (χ0v) is 12.9. The van der Waals surface area contributed by atoms with Gasteiger partial charge in [0.05, 0.1) is 7.11 Å². The molecule has 0 spiro atoms. The average Bonchev–Trinajstić information content (AvgIpc) is 2.58. The Kier molecular flexibility index (Phi) is 4.02. The fourth-order valence-electron chi connectivity index (χ4n) is 2.85. The van der Waals surface area contributed by atoms with Crippen LogP contribution in [-0.4, -0.2) is 25.1 Å². The lowest BCUT2D eigenvalue weighted by atomic mass is 9.89. The zero-order chi connectivity index (χ0) is 16.4. The second-order valence-electron chi connectivity index (χ2n) is 5.26. The molecule has 1 saturated heterocycles. The number of hydrogen-bond acceptors (Lipinski definition) is 4. The van der Waals surface area contributed by atoms with Gasteiger partial charge in [0.2, 0.25) is 6.10 Å². The van der Waals surface area contributed by atoms with E-state index in [0.717, 1.165) is 11.3 Å². The molecule has 1 aliphatic rings. The lowest BCUT2D eigenvalue weighted by Crippen LogP contribution is -2.60. The standard InChI is InChI=1S/C18H17NO4/c1-12(20)23-17-16(14-10-6-7-11-15(14)22-2)19(18(17)21)13-8-4-3-5-9-13/h3-11,16-17H,1-2H3/t16-,17+/m1/s1. The zero-order valence-electron chi connectivity index (χ0n) is 12.9. The number of carbonyl (C=O) groups excluding carboxylic acids is 2. The minimum atomic E-state index is -0.830. The highest BCUT2D eigenvalue weighted by atomic mass is 16.6. The summed E-state index contributed by atoms with van der Waals surface area (Å²) < 4.78 is 10.6. The average molecular weight is 311 g/mol. The van der Waals surface area contributed by atoms with E-state index in [1.165, 1.54) is 6.92 Å². The van der Waals surface area contributed by atoms with Crippen LogP contribution >= 0.6 is 0 Å². The third-order valence-corrected chi connectivity index (χ3v) is 3.83. The number of β-lactam (4-membered cyclic amide) rings is 1. The van der Waals surface area contributed by atoms with Crippen molar-refractivity contribution >= 4 is 17.6 Å². The number of methoxy groups -OCH3 is 1. The summed E-state index contributed by atoms with van der Waals surface area (Å²) in [4.78, 5) is 25.5. The van der Waals surface area contributed by atoms with Gasteiger partial charge >= 0.3 is 5.97 Å². The van der Waals surface area contributed by atoms with Gasteiger partial charge < -0.3 is 9.47 Å². The largest absolute Gasteiger partial charge is 0.496 e. The number of carbonyl (C=O) groups is 2. The summed E-state index contributed by atoms with van der Waals surface area (Å²) in [5.41, 5.74) is 1.57. The van der Waals surface area contributed by atoms with Crippen LogP contribution in [0.15, 0.2) is 54.6 Å². The number of anilines is 1. The first-order chi connectivity index (χ1) is 11.1. The van der Waals surface area contributed by atoms with Crippen LogP contribution in [0.1, 0.15) is 18.5 Å². The van der Waals surface area contributed by atoms with E-state index in [0.29, 0.717) is 5.75 Å². The number of amides is 1. The second-order valence-corrected chi connectivity index (χ2v) is 5.26. The van der Waals surface area contributed by atoms with E-state index in [2.05, 4.69) is 0 Å². The summed E-state index contributed by atoms with van der Waals surface area (Å²) in [5, 5.41) is 0. The fourth-order valence-corrected chi connectivity index (χ4v) is 2.85. The third kappa shape index (κ3) is 2.65. The number of benzene rings is 2. The smallest absolute Gasteiger partial charge is 0.303 e. The van der Waals surface area contributed by atoms with Gasteiger partial charge in [0, 0.05) is 18.2 Å². The minimum Gasteiger partial charge on any atom is -0.496 e. The van der Waals surface area contributed by atoms with Crippen LogP contribution in [-0.2, 0) is 14.3 Å². The summed E-state index contributed by atoms with van der Waals surface area (Å²) in [6.07, 6.45) is -0.830. The highest BCUT2D eigenvalue weighted by molar-refractivity contribution is 6.06. The highest BCUT2D eigenvalue weighted by Crippen LogP contribution is 2.43. The molecule has 0 aromatic heterocycles. The number of hydrogen-bond donors (Lipinski definition) is 0. The fraction of sp³-hybridized carbons (Fsp3) is 0.222. The molecule has 1 amide bonds. The SMILES string of the molecule is COc1ccccc1[C@@H]1[C@H](OC(C)=O)C(=O)N1c1ccccc1. The van der Waals surface area contributed by atoms with Gasteiger partial charge in [-0.1, -0.05) is 36.4 Å². The van der Waals surface area contributed by atoms with Crippen molar-refractivity contribution in [3.05, 3.63) is 60.2 Å². The molecule has 118 valence electrons. The van der Waals surface area contributed by atoms with Gasteiger partial charge in [0.25, 0.3) is 5.91 Å². The molecule has 1 heterocycles. The van der Waals surface area contributed by atoms with E-state index in [1.54, 1.807) is 12.0 Å². The highest BCUT2D eigenvalue weighted by Gasteiger charge is 2.52. The first-order valence-electron chi connectivity index (χ1n) is 7.31. The Labute approximate surface area is 134 Å². The van der Waals surface area contributed by atoms with Crippen LogP contribution in [0.5, 0.6) is 5.75 Å². The van der Waals surface area contributed by atoms with Crippen molar-refractivity contribution in [3.63, 3.8) is 0 Å². The van der Waals surface area contributed by atoms with Gasteiger partial charge in [0.1, 0.15) is 11.8 Å². The Morgan fingerprint density at radius 3 is 2.35 bits per heavy atom. The van der Waals surface area contributed by atoms with Crippen molar-refractivity contribution < 1.29 is 19.1 Å². The van der Waals surface area contributed by atoms with Crippen molar-refractivity contribution in [3.8, 4) is 5.75 Å². The number of ether oxygens (including phenoxy) is 2. The van der Waals surface area contributed by atoms with E-state index in [9.17, 15) is 9.59 Å². The first-order valence-corrected chi connectivity index (χ1v) is 7.31. The molecule has 2 aromatic rings.